The molecule has 0 aromatic carbocycles. The van der Waals surface area contributed by atoms with Crippen molar-refractivity contribution in [3.05, 3.63) is 0 Å². The zero-order chi connectivity index (χ0) is 11.6. The van der Waals surface area contributed by atoms with Crippen molar-refractivity contribution >= 4 is 0 Å². The van der Waals surface area contributed by atoms with Crippen LogP contribution in [0.25, 0.3) is 0 Å². The van der Waals surface area contributed by atoms with Gasteiger partial charge in [-0.2, -0.15) is 0 Å². The third-order valence-corrected chi connectivity index (χ3v) is 3.44. The highest BCUT2D eigenvalue weighted by Gasteiger charge is 2.10. The molecule has 2 nitrogen and oxygen atoms in total. The van der Waals surface area contributed by atoms with E-state index in [1.165, 1.54) is 64.5 Å². The summed E-state index contributed by atoms with van der Waals surface area (Å²) in [5.74, 6) is 0. The monoisotopic (exact) mass is 226 g/mol. The summed E-state index contributed by atoms with van der Waals surface area (Å²) in [5.41, 5.74) is 0. The molecule has 0 aromatic heterocycles. The van der Waals surface area contributed by atoms with Crippen LogP contribution in [0.3, 0.4) is 0 Å². The van der Waals surface area contributed by atoms with E-state index in [-0.39, 0.29) is 0 Å². The van der Waals surface area contributed by atoms with Gasteiger partial charge in [-0.05, 0) is 38.8 Å². The van der Waals surface area contributed by atoms with Gasteiger partial charge in [0.2, 0.25) is 0 Å². The van der Waals surface area contributed by atoms with E-state index in [4.69, 9.17) is 0 Å². The summed E-state index contributed by atoms with van der Waals surface area (Å²) in [5, 5.41) is 7.19. The Morgan fingerprint density at radius 3 is 2.19 bits per heavy atom. The summed E-state index contributed by atoms with van der Waals surface area (Å²) < 4.78 is 0. The molecule has 0 saturated heterocycles. The lowest BCUT2D eigenvalue weighted by Crippen LogP contribution is -2.30. The Kier molecular flexibility index (Phi) is 7.87. The molecular weight excluding hydrogens is 196 g/mol. The van der Waals surface area contributed by atoms with Gasteiger partial charge >= 0.3 is 0 Å². The Morgan fingerprint density at radius 1 is 0.938 bits per heavy atom. The maximum absolute atomic E-state index is 3.72. The third kappa shape index (κ3) is 7.24. The van der Waals surface area contributed by atoms with Gasteiger partial charge in [-0.25, -0.2) is 0 Å². The Labute approximate surface area is 102 Å². The molecule has 0 spiro atoms. The van der Waals surface area contributed by atoms with Crippen LogP contribution in [0.4, 0.5) is 0 Å². The SMILES string of the molecule is CC(C)NCCCCNC1CCCCCC1. The molecule has 0 atom stereocenters. The van der Waals surface area contributed by atoms with Gasteiger partial charge in [-0.1, -0.05) is 39.5 Å². The highest BCUT2D eigenvalue weighted by molar-refractivity contribution is 4.70. The summed E-state index contributed by atoms with van der Waals surface area (Å²) >= 11 is 0. The zero-order valence-electron chi connectivity index (χ0n) is 11.2. The van der Waals surface area contributed by atoms with E-state index in [0.29, 0.717) is 6.04 Å². The van der Waals surface area contributed by atoms with E-state index in [1.807, 2.05) is 0 Å². The second-order valence-electron chi connectivity index (χ2n) is 5.46. The molecule has 0 aromatic rings. The molecule has 0 heterocycles. The van der Waals surface area contributed by atoms with Gasteiger partial charge in [0, 0.05) is 12.1 Å². The van der Waals surface area contributed by atoms with E-state index in [1.54, 1.807) is 0 Å². The van der Waals surface area contributed by atoms with Gasteiger partial charge in [0.25, 0.3) is 0 Å². The van der Waals surface area contributed by atoms with Crippen molar-refractivity contribution in [1.29, 1.82) is 0 Å². The molecule has 1 aliphatic carbocycles. The molecule has 0 amide bonds. The molecular formula is C14H30N2. The summed E-state index contributed by atoms with van der Waals surface area (Å²) in [6.07, 6.45) is 11.2. The molecule has 1 fully saturated rings. The van der Waals surface area contributed by atoms with Crippen LogP contribution in [0.15, 0.2) is 0 Å². The first-order valence-corrected chi connectivity index (χ1v) is 7.26. The van der Waals surface area contributed by atoms with Crippen molar-refractivity contribution in [2.75, 3.05) is 13.1 Å². The van der Waals surface area contributed by atoms with Crippen molar-refractivity contribution in [2.24, 2.45) is 0 Å². The van der Waals surface area contributed by atoms with Crippen LogP contribution in [0.5, 0.6) is 0 Å². The predicted molar refractivity (Wildman–Crippen MR) is 71.9 cm³/mol. The van der Waals surface area contributed by atoms with Crippen LogP contribution in [0, 0.1) is 0 Å². The minimum Gasteiger partial charge on any atom is -0.315 e. The zero-order valence-corrected chi connectivity index (χ0v) is 11.2. The Morgan fingerprint density at radius 2 is 1.56 bits per heavy atom. The van der Waals surface area contributed by atoms with Crippen LogP contribution in [-0.2, 0) is 0 Å². The van der Waals surface area contributed by atoms with Gasteiger partial charge in [-0.3, -0.25) is 0 Å². The number of hydrogen-bond donors (Lipinski definition) is 2. The Hall–Kier alpha value is -0.0800. The van der Waals surface area contributed by atoms with Gasteiger partial charge in [0.1, 0.15) is 0 Å². The summed E-state index contributed by atoms with van der Waals surface area (Å²) in [6.45, 7) is 6.81. The fourth-order valence-corrected chi connectivity index (χ4v) is 2.43. The molecule has 0 radical (unpaired) electrons. The molecule has 2 heteroatoms. The highest BCUT2D eigenvalue weighted by Crippen LogP contribution is 2.16. The quantitative estimate of drug-likeness (QED) is 0.515. The molecule has 2 N–H and O–H groups in total. The highest BCUT2D eigenvalue weighted by atomic mass is 14.9. The summed E-state index contributed by atoms with van der Waals surface area (Å²) in [6, 6.07) is 1.45. The maximum atomic E-state index is 3.72. The van der Waals surface area contributed by atoms with E-state index >= 15 is 0 Å². The lowest BCUT2D eigenvalue weighted by atomic mass is 10.1. The molecule has 0 bridgehead atoms. The van der Waals surface area contributed by atoms with E-state index in [2.05, 4.69) is 24.5 Å². The fraction of sp³-hybridized carbons (Fsp3) is 1.00. The van der Waals surface area contributed by atoms with Crippen LogP contribution in [0.2, 0.25) is 0 Å². The van der Waals surface area contributed by atoms with Crippen LogP contribution < -0.4 is 10.6 Å². The first kappa shape index (κ1) is 14.0. The van der Waals surface area contributed by atoms with Crippen LogP contribution >= 0.6 is 0 Å². The van der Waals surface area contributed by atoms with Crippen LogP contribution in [-0.4, -0.2) is 25.2 Å². The van der Waals surface area contributed by atoms with E-state index < -0.39 is 0 Å². The van der Waals surface area contributed by atoms with Gasteiger partial charge < -0.3 is 10.6 Å². The van der Waals surface area contributed by atoms with Crippen molar-refractivity contribution in [3.63, 3.8) is 0 Å². The summed E-state index contributed by atoms with van der Waals surface area (Å²) in [7, 11) is 0. The van der Waals surface area contributed by atoms with E-state index in [0.717, 1.165) is 6.04 Å². The minimum absolute atomic E-state index is 0.634. The Balaban J connectivity index is 1.89. The van der Waals surface area contributed by atoms with Crippen LogP contribution in [0.1, 0.15) is 65.2 Å². The predicted octanol–water partition coefficient (Wildman–Crippen LogP) is 3.08. The second-order valence-corrected chi connectivity index (χ2v) is 5.46. The third-order valence-electron chi connectivity index (χ3n) is 3.44. The molecule has 16 heavy (non-hydrogen) atoms. The number of hydrogen-bond acceptors (Lipinski definition) is 2. The molecule has 1 rings (SSSR count). The smallest absolute Gasteiger partial charge is 0.00670 e. The number of unbranched alkanes of at least 4 members (excludes halogenated alkanes) is 1. The topological polar surface area (TPSA) is 24.1 Å². The largest absolute Gasteiger partial charge is 0.315 e. The van der Waals surface area contributed by atoms with Gasteiger partial charge in [0.15, 0.2) is 0 Å². The first-order valence-electron chi connectivity index (χ1n) is 7.26. The van der Waals surface area contributed by atoms with Crippen molar-refractivity contribution in [3.8, 4) is 0 Å². The molecule has 0 aliphatic heterocycles. The Bertz CT molecular complexity index is 149. The molecule has 0 unspecified atom stereocenters. The first-order chi connectivity index (χ1) is 7.79. The number of nitrogens with one attached hydrogen (secondary N) is 2. The second kappa shape index (κ2) is 9.00. The van der Waals surface area contributed by atoms with Crippen molar-refractivity contribution in [2.45, 2.75) is 77.3 Å². The standard InChI is InChI=1S/C14H30N2/c1-13(2)15-11-7-8-12-16-14-9-5-3-4-6-10-14/h13-16H,3-12H2,1-2H3. The number of rotatable bonds is 7. The van der Waals surface area contributed by atoms with Gasteiger partial charge in [-0.15, -0.1) is 0 Å². The fourth-order valence-electron chi connectivity index (χ4n) is 2.43. The normalized spacial score (nSPS) is 18.9. The maximum Gasteiger partial charge on any atom is 0.00670 e. The average Bonchev–Trinajstić information content (AvgIpc) is 2.51. The minimum atomic E-state index is 0.634. The molecule has 1 saturated carbocycles. The lowest BCUT2D eigenvalue weighted by molar-refractivity contribution is 0.446. The summed E-state index contributed by atoms with van der Waals surface area (Å²) in [4.78, 5) is 0. The average molecular weight is 226 g/mol. The lowest BCUT2D eigenvalue weighted by Gasteiger charge is -2.16. The van der Waals surface area contributed by atoms with Gasteiger partial charge in [0.05, 0.1) is 0 Å². The molecule has 1 aliphatic rings. The molecule has 96 valence electrons. The van der Waals surface area contributed by atoms with Crippen molar-refractivity contribution in [1.82, 2.24) is 10.6 Å². The van der Waals surface area contributed by atoms with E-state index in [9.17, 15) is 0 Å². The van der Waals surface area contributed by atoms with Crippen molar-refractivity contribution < 1.29 is 0 Å².